The van der Waals surface area contributed by atoms with Gasteiger partial charge in [-0.25, -0.2) is 0 Å². The molecule has 216 valence electrons. The van der Waals surface area contributed by atoms with Gasteiger partial charge in [0.05, 0.1) is 17.9 Å². The molecule has 0 saturated carbocycles. The van der Waals surface area contributed by atoms with E-state index in [1.54, 1.807) is 0 Å². The Kier molecular flexibility index (Phi) is 5.06. The number of benzene rings is 8. The van der Waals surface area contributed by atoms with Crippen molar-refractivity contribution in [2.75, 3.05) is 4.90 Å². The third-order valence-electron chi connectivity index (χ3n) is 8.71. The average Bonchev–Trinajstić information content (AvgIpc) is 3.57. The zero-order valence-corrected chi connectivity index (χ0v) is 24.7. The Balaban J connectivity index is 1.35. The summed E-state index contributed by atoms with van der Waals surface area (Å²) in [4.78, 5) is 2.23. The molecular weight excluding hydrogens is 558 g/mol. The van der Waals surface area contributed by atoms with Gasteiger partial charge in [0.25, 0.3) is 0 Å². The van der Waals surface area contributed by atoms with Crippen LogP contribution in [-0.4, -0.2) is 0 Å². The van der Waals surface area contributed by atoms with Gasteiger partial charge in [0.1, 0.15) is 11.2 Å². The fourth-order valence-electron chi connectivity index (χ4n) is 6.58. The first-order valence-electron chi connectivity index (χ1n) is 17.8. The van der Waals surface area contributed by atoms with E-state index in [1.165, 1.54) is 0 Å². The normalized spacial score (nSPS) is 13.0. The van der Waals surface area contributed by atoms with Gasteiger partial charge in [-0.15, -0.1) is 0 Å². The number of nitrogens with zero attached hydrogens (tertiary/aromatic N) is 1. The van der Waals surface area contributed by atoms with Crippen LogP contribution in [0.2, 0.25) is 0 Å². The summed E-state index contributed by atoms with van der Waals surface area (Å²) in [7, 11) is 0. The maximum absolute atomic E-state index is 8.86. The summed E-state index contributed by atoms with van der Waals surface area (Å²) >= 11 is 0. The van der Waals surface area contributed by atoms with E-state index in [1.807, 2.05) is 72.8 Å². The lowest BCUT2D eigenvalue weighted by atomic mass is 9.95. The Labute approximate surface area is 274 Å². The second kappa shape index (κ2) is 10.8. The Bertz CT molecular complexity index is 2780. The molecule has 0 spiro atoms. The van der Waals surface area contributed by atoms with E-state index in [0.29, 0.717) is 16.7 Å². The van der Waals surface area contributed by atoms with E-state index in [9.17, 15) is 0 Å². The second-order valence-electron chi connectivity index (χ2n) is 11.4. The van der Waals surface area contributed by atoms with E-state index in [-0.39, 0.29) is 29.7 Å². The first-order valence-corrected chi connectivity index (χ1v) is 15.3. The molecule has 0 radical (unpaired) electrons. The molecule has 0 bridgehead atoms. The third-order valence-corrected chi connectivity index (χ3v) is 8.71. The highest BCUT2D eigenvalue weighted by Gasteiger charge is 2.22. The molecule has 9 rings (SSSR count). The monoisotopic (exact) mass is 592 g/mol. The smallest absolute Gasteiger partial charge is 0.143 e. The van der Waals surface area contributed by atoms with Crippen LogP contribution in [0, 0.1) is 0 Å². The van der Waals surface area contributed by atoms with Crippen molar-refractivity contribution in [2.24, 2.45) is 0 Å². The van der Waals surface area contributed by atoms with Gasteiger partial charge in [-0.1, -0.05) is 133 Å². The summed E-state index contributed by atoms with van der Waals surface area (Å²) in [6, 6.07) is 47.6. The number of hydrogen-bond donors (Lipinski definition) is 0. The van der Waals surface area contributed by atoms with Gasteiger partial charge in [-0.2, -0.15) is 0 Å². The maximum atomic E-state index is 8.86. The van der Waals surface area contributed by atoms with Gasteiger partial charge in [-0.05, 0) is 80.9 Å². The van der Waals surface area contributed by atoms with Crippen LogP contribution in [0.25, 0.3) is 65.7 Å². The average molecular weight is 593 g/mol. The lowest BCUT2D eigenvalue weighted by Gasteiger charge is -2.27. The molecule has 9 aromatic rings. The minimum absolute atomic E-state index is 0.161. The highest BCUT2D eigenvalue weighted by Crippen LogP contribution is 2.46. The van der Waals surface area contributed by atoms with Gasteiger partial charge in [0.15, 0.2) is 0 Å². The zero-order valence-electron chi connectivity index (χ0n) is 29.7. The Hall–Kier alpha value is -6.12. The van der Waals surface area contributed by atoms with E-state index in [2.05, 4.69) is 77.7 Å². The number of anilines is 3. The number of rotatable bonds is 5. The predicted molar refractivity (Wildman–Crippen MR) is 194 cm³/mol. The summed E-state index contributed by atoms with van der Waals surface area (Å²) in [6.45, 7) is 0. The topological polar surface area (TPSA) is 16.4 Å². The van der Waals surface area contributed by atoms with Crippen molar-refractivity contribution in [1.29, 1.82) is 0 Å². The van der Waals surface area contributed by atoms with Crippen LogP contribution in [0.5, 0.6) is 0 Å². The van der Waals surface area contributed by atoms with Gasteiger partial charge in [0, 0.05) is 22.1 Å². The van der Waals surface area contributed by atoms with Crippen molar-refractivity contribution in [2.45, 2.75) is 0 Å². The SMILES string of the molecule is [2H]c1c([2H])c([2H])c(-c2cc3c(oc4cccc(N(c5ccc(-c6ccccc6)cc5)c5ccc6ccccc6c5)c43)c3ccccc23)c([2H])c1[2H]. The fourth-order valence-corrected chi connectivity index (χ4v) is 6.58. The lowest BCUT2D eigenvalue weighted by Crippen LogP contribution is -2.10. The second-order valence-corrected chi connectivity index (χ2v) is 11.4. The summed E-state index contributed by atoms with van der Waals surface area (Å²) < 4.78 is 49.5. The van der Waals surface area contributed by atoms with E-state index >= 15 is 0 Å². The van der Waals surface area contributed by atoms with Crippen molar-refractivity contribution in [3.8, 4) is 22.3 Å². The summed E-state index contributed by atoms with van der Waals surface area (Å²) in [6.07, 6.45) is 0. The molecule has 8 aromatic carbocycles. The molecule has 0 aliphatic carbocycles. The minimum atomic E-state index is -0.417. The number of furan rings is 1. The fraction of sp³-hybridized carbons (Fsp3) is 0. The molecule has 0 aliphatic heterocycles. The zero-order chi connectivity index (χ0) is 34.8. The molecule has 0 N–H and O–H groups in total. The quantitative estimate of drug-likeness (QED) is 0.198. The molecule has 2 heteroatoms. The summed E-state index contributed by atoms with van der Waals surface area (Å²) in [5.74, 6) is 0. The molecule has 0 unspecified atom stereocenters. The van der Waals surface area contributed by atoms with Crippen molar-refractivity contribution in [1.82, 2.24) is 0 Å². The largest absolute Gasteiger partial charge is 0.455 e. The first kappa shape index (κ1) is 21.6. The lowest BCUT2D eigenvalue weighted by molar-refractivity contribution is 0.672. The Morgan fingerprint density at radius 1 is 0.478 bits per heavy atom. The highest BCUT2D eigenvalue weighted by atomic mass is 16.3. The summed E-state index contributed by atoms with van der Waals surface area (Å²) in [5.41, 5.74) is 7.12. The van der Waals surface area contributed by atoms with E-state index in [0.717, 1.165) is 60.5 Å². The molecule has 0 amide bonds. The molecule has 0 aliphatic rings. The Morgan fingerprint density at radius 2 is 1.17 bits per heavy atom. The number of fused-ring (bicyclic) bond motifs is 6. The van der Waals surface area contributed by atoms with Crippen LogP contribution in [-0.2, 0) is 0 Å². The van der Waals surface area contributed by atoms with Crippen molar-refractivity contribution in [3.05, 3.63) is 176 Å². The minimum Gasteiger partial charge on any atom is -0.455 e. The van der Waals surface area contributed by atoms with Crippen LogP contribution in [0.15, 0.2) is 180 Å². The molecule has 46 heavy (non-hydrogen) atoms. The first-order chi connectivity index (χ1) is 24.9. The van der Waals surface area contributed by atoms with Crippen LogP contribution < -0.4 is 4.90 Å². The van der Waals surface area contributed by atoms with Crippen molar-refractivity contribution < 1.29 is 11.3 Å². The van der Waals surface area contributed by atoms with Gasteiger partial charge in [-0.3, -0.25) is 0 Å². The van der Waals surface area contributed by atoms with Gasteiger partial charge >= 0.3 is 0 Å². The van der Waals surface area contributed by atoms with Crippen LogP contribution in [0.3, 0.4) is 0 Å². The highest BCUT2D eigenvalue weighted by molar-refractivity contribution is 6.22. The van der Waals surface area contributed by atoms with Crippen LogP contribution in [0.1, 0.15) is 6.85 Å². The number of hydrogen-bond acceptors (Lipinski definition) is 2. The van der Waals surface area contributed by atoms with Gasteiger partial charge in [0.2, 0.25) is 0 Å². The standard InChI is InChI=1S/C44H29NO/c1-3-12-30(13-4-1)32-22-25-35(26-23-32)45(36-27-24-31-14-7-8-17-34(31)28-36)41-20-11-21-42-43(41)40-29-39(33-15-5-2-6-16-33)37-18-9-10-19-38(37)44(40)46-42/h1-29H/i2D,5D,6D,15D,16D. The predicted octanol–water partition coefficient (Wildman–Crippen LogP) is 12.7. The molecule has 0 fully saturated rings. The Morgan fingerprint density at radius 3 is 2.00 bits per heavy atom. The van der Waals surface area contributed by atoms with Crippen LogP contribution in [0.4, 0.5) is 17.1 Å². The van der Waals surface area contributed by atoms with Crippen LogP contribution >= 0.6 is 0 Å². The van der Waals surface area contributed by atoms with Gasteiger partial charge < -0.3 is 9.32 Å². The van der Waals surface area contributed by atoms with Crippen molar-refractivity contribution in [3.63, 3.8) is 0 Å². The molecule has 0 saturated heterocycles. The molecule has 0 atom stereocenters. The summed E-state index contributed by atoms with van der Waals surface area (Å²) in [5, 5.41) is 5.43. The maximum Gasteiger partial charge on any atom is 0.143 e. The molecule has 2 nitrogen and oxygen atoms in total. The van der Waals surface area contributed by atoms with E-state index < -0.39 is 6.04 Å². The molecule has 1 heterocycles. The third kappa shape index (κ3) is 4.35. The molecule has 1 aromatic heterocycles. The molecular formula is C44H29NO. The van der Waals surface area contributed by atoms with Crippen molar-refractivity contribution >= 4 is 60.5 Å². The van der Waals surface area contributed by atoms with E-state index in [4.69, 9.17) is 11.3 Å².